The van der Waals surface area contributed by atoms with Gasteiger partial charge in [-0.25, -0.2) is 4.79 Å². The highest BCUT2D eigenvalue weighted by Gasteiger charge is 2.08. The second-order valence-electron chi connectivity index (χ2n) is 3.00. The first-order chi connectivity index (χ1) is 7.06. The summed E-state index contributed by atoms with van der Waals surface area (Å²) in [6.45, 7) is 3.95. The second-order valence-corrected chi connectivity index (χ2v) is 3.36. The van der Waals surface area contributed by atoms with Gasteiger partial charge in [0.05, 0.1) is 12.3 Å². The fourth-order valence-electron chi connectivity index (χ4n) is 1.18. The lowest BCUT2D eigenvalue weighted by atomic mass is 10.2. The average molecular weight is 229 g/mol. The Bertz CT molecular complexity index is 396. The zero-order valence-electron chi connectivity index (χ0n) is 8.95. The maximum absolute atomic E-state index is 11.1. The minimum Gasteiger partial charge on any atom is -0.463 e. The molecule has 0 aliphatic rings. The normalized spacial score (nSPS) is 10.9. The number of rotatable bonds is 3. The van der Waals surface area contributed by atoms with Crippen LogP contribution in [-0.2, 0) is 16.6 Å². The van der Waals surface area contributed by atoms with Gasteiger partial charge < -0.3 is 4.74 Å². The maximum Gasteiger partial charge on any atom is 0.330 e. The number of hydrogen-bond acceptors (Lipinski definition) is 3. The minimum atomic E-state index is -0.378. The lowest BCUT2D eigenvalue weighted by Crippen LogP contribution is -1.98. The van der Waals surface area contributed by atoms with Crippen LogP contribution in [0, 0.1) is 6.92 Å². The third-order valence-electron chi connectivity index (χ3n) is 1.87. The molecule has 0 radical (unpaired) electrons. The monoisotopic (exact) mass is 228 g/mol. The molecule has 0 saturated heterocycles. The van der Waals surface area contributed by atoms with Gasteiger partial charge in [-0.1, -0.05) is 11.6 Å². The van der Waals surface area contributed by atoms with Crippen molar-refractivity contribution in [2.24, 2.45) is 7.05 Å². The Morgan fingerprint density at radius 1 is 1.67 bits per heavy atom. The predicted octanol–water partition coefficient (Wildman–Crippen LogP) is 1.96. The van der Waals surface area contributed by atoms with Gasteiger partial charge in [0.1, 0.15) is 5.15 Å². The highest BCUT2D eigenvalue weighted by molar-refractivity contribution is 6.31. The average Bonchev–Trinajstić information content (AvgIpc) is 2.40. The Morgan fingerprint density at radius 2 is 2.33 bits per heavy atom. The SMILES string of the molecule is CCOC(=O)C=Cc1c(C)nn(C)c1Cl. The van der Waals surface area contributed by atoms with Gasteiger partial charge in [0, 0.05) is 18.7 Å². The first-order valence-corrected chi connectivity index (χ1v) is 4.98. The van der Waals surface area contributed by atoms with Crippen molar-refractivity contribution in [3.8, 4) is 0 Å². The Morgan fingerprint density at radius 3 is 2.80 bits per heavy atom. The van der Waals surface area contributed by atoms with E-state index in [4.69, 9.17) is 16.3 Å². The number of halogens is 1. The van der Waals surface area contributed by atoms with E-state index in [0.29, 0.717) is 11.8 Å². The van der Waals surface area contributed by atoms with E-state index in [9.17, 15) is 4.79 Å². The molecule has 0 saturated carbocycles. The number of nitrogens with zero attached hydrogens (tertiary/aromatic N) is 2. The van der Waals surface area contributed by atoms with E-state index in [0.717, 1.165) is 11.3 Å². The van der Waals surface area contributed by atoms with Crippen molar-refractivity contribution in [3.63, 3.8) is 0 Å². The van der Waals surface area contributed by atoms with Crippen LogP contribution in [0.1, 0.15) is 18.2 Å². The Kier molecular flexibility index (Phi) is 3.91. The molecule has 0 aromatic carbocycles. The summed E-state index contributed by atoms with van der Waals surface area (Å²) in [5, 5.41) is 4.62. The first kappa shape index (κ1) is 11.8. The molecule has 0 N–H and O–H groups in total. The van der Waals surface area contributed by atoms with E-state index in [1.807, 2.05) is 6.92 Å². The van der Waals surface area contributed by atoms with Crippen molar-refractivity contribution in [1.82, 2.24) is 9.78 Å². The van der Waals surface area contributed by atoms with Crippen molar-refractivity contribution in [3.05, 3.63) is 22.5 Å². The summed E-state index contributed by atoms with van der Waals surface area (Å²) in [5.74, 6) is -0.378. The molecular weight excluding hydrogens is 216 g/mol. The summed E-state index contributed by atoms with van der Waals surface area (Å²) in [7, 11) is 1.75. The summed E-state index contributed by atoms with van der Waals surface area (Å²) in [6, 6.07) is 0. The number of aryl methyl sites for hydroxylation is 2. The Hall–Kier alpha value is -1.29. The van der Waals surface area contributed by atoms with Crippen LogP contribution >= 0.6 is 11.6 Å². The zero-order chi connectivity index (χ0) is 11.4. The summed E-state index contributed by atoms with van der Waals surface area (Å²) in [4.78, 5) is 11.1. The molecule has 4 nitrogen and oxygen atoms in total. The lowest BCUT2D eigenvalue weighted by molar-refractivity contribution is -0.137. The van der Waals surface area contributed by atoms with Crippen LogP contribution < -0.4 is 0 Å². The Balaban J connectivity index is 2.84. The van der Waals surface area contributed by atoms with Crippen LogP contribution in [0.3, 0.4) is 0 Å². The topological polar surface area (TPSA) is 44.1 Å². The third-order valence-corrected chi connectivity index (χ3v) is 2.32. The molecule has 1 aromatic heterocycles. The molecule has 0 spiro atoms. The van der Waals surface area contributed by atoms with Crippen LogP contribution in [0.25, 0.3) is 6.08 Å². The molecule has 82 valence electrons. The van der Waals surface area contributed by atoms with Crippen molar-refractivity contribution in [1.29, 1.82) is 0 Å². The molecule has 5 heteroatoms. The molecule has 0 unspecified atom stereocenters. The third kappa shape index (κ3) is 2.83. The van der Waals surface area contributed by atoms with E-state index in [2.05, 4.69) is 5.10 Å². The quantitative estimate of drug-likeness (QED) is 0.587. The highest BCUT2D eigenvalue weighted by atomic mass is 35.5. The zero-order valence-corrected chi connectivity index (χ0v) is 9.71. The van der Waals surface area contributed by atoms with E-state index in [1.54, 1.807) is 24.7 Å². The van der Waals surface area contributed by atoms with Crippen LogP contribution in [0.15, 0.2) is 6.08 Å². The van der Waals surface area contributed by atoms with Crippen molar-refractivity contribution in [2.45, 2.75) is 13.8 Å². The van der Waals surface area contributed by atoms with Crippen molar-refractivity contribution in [2.75, 3.05) is 6.61 Å². The van der Waals surface area contributed by atoms with Gasteiger partial charge in [-0.15, -0.1) is 0 Å². The number of aromatic nitrogens is 2. The molecule has 0 fully saturated rings. The van der Waals surface area contributed by atoms with E-state index in [-0.39, 0.29) is 5.97 Å². The Labute approximate surface area is 93.5 Å². The van der Waals surface area contributed by atoms with E-state index >= 15 is 0 Å². The number of carbonyl (C=O) groups is 1. The smallest absolute Gasteiger partial charge is 0.330 e. The molecule has 0 aliphatic carbocycles. The fraction of sp³-hybridized carbons (Fsp3) is 0.400. The standard InChI is InChI=1S/C10H13ClN2O2/c1-4-15-9(14)6-5-8-7(2)12-13(3)10(8)11/h5-6H,4H2,1-3H3. The predicted molar refractivity (Wildman–Crippen MR) is 58.6 cm³/mol. The summed E-state index contributed by atoms with van der Waals surface area (Å²) >= 11 is 5.97. The number of carbonyl (C=O) groups excluding carboxylic acids is 1. The molecule has 1 heterocycles. The largest absolute Gasteiger partial charge is 0.463 e. The summed E-state index contributed by atoms with van der Waals surface area (Å²) in [6.07, 6.45) is 2.96. The molecule has 0 aliphatic heterocycles. The van der Waals surface area contributed by atoms with Crippen molar-refractivity contribution >= 4 is 23.6 Å². The van der Waals surface area contributed by atoms with Crippen molar-refractivity contribution < 1.29 is 9.53 Å². The molecule has 1 aromatic rings. The van der Waals surface area contributed by atoms with Crippen LogP contribution in [0.5, 0.6) is 0 Å². The number of esters is 1. The van der Waals surface area contributed by atoms with Crippen LogP contribution in [0.2, 0.25) is 5.15 Å². The van der Waals surface area contributed by atoms with Gasteiger partial charge in [-0.3, -0.25) is 4.68 Å². The first-order valence-electron chi connectivity index (χ1n) is 4.60. The molecule has 0 amide bonds. The minimum absolute atomic E-state index is 0.364. The molecular formula is C10H13ClN2O2. The van der Waals surface area contributed by atoms with Gasteiger partial charge in [0.25, 0.3) is 0 Å². The summed E-state index contributed by atoms with van der Waals surface area (Å²) < 4.78 is 6.31. The van der Waals surface area contributed by atoms with Crippen LogP contribution in [-0.4, -0.2) is 22.4 Å². The summed E-state index contributed by atoms with van der Waals surface area (Å²) in [5.41, 5.74) is 1.52. The second kappa shape index (κ2) is 4.98. The van der Waals surface area contributed by atoms with E-state index < -0.39 is 0 Å². The lowest BCUT2D eigenvalue weighted by Gasteiger charge is -1.95. The number of ether oxygens (including phenoxy) is 1. The maximum atomic E-state index is 11.1. The molecule has 0 bridgehead atoms. The highest BCUT2D eigenvalue weighted by Crippen LogP contribution is 2.19. The molecule has 1 rings (SSSR count). The molecule has 15 heavy (non-hydrogen) atoms. The fourth-order valence-corrected chi connectivity index (χ4v) is 1.42. The van der Waals surface area contributed by atoms with Gasteiger partial charge in [0.2, 0.25) is 0 Å². The van der Waals surface area contributed by atoms with Crippen LogP contribution in [0.4, 0.5) is 0 Å². The van der Waals surface area contributed by atoms with Gasteiger partial charge >= 0.3 is 5.97 Å². The number of hydrogen-bond donors (Lipinski definition) is 0. The van der Waals surface area contributed by atoms with Gasteiger partial charge in [0.15, 0.2) is 0 Å². The van der Waals surface area contributed by atoms with Gasteiger partial charge in [-0.05, 0) is 19.9 Å². The van der Waals surface area contributed by atoms with Gasteiger partial charge in [-0.2, -0.15) is 5.10 Å². The van der Waals surface area contributed by atoms with E-state index in [1.165, 1.54) is 6.08 Å². The molecule has 0 atom stereocenters.